The van der Waals surface area contributed by atoms with Crippen LogP contribution < -0.4 is 10.2 Å². The summed E-state index contributed by atoms with van der Waals surface area (Å²) in [6.45, 7) is 3.96. The summed E-state index contributed by atoms with van der Waals surface area (Å²) in [6, 6.07) is 4.15. The molecule has 0 atom stereocenters. The molecule has 1 aromatic carbocycles. The first-order valence-electron chi connectivity index (χ1n) is 8.60. The molecule has 1 N–H and O–H groups in total. The van der Waals surface area contributed by atoms with Crippen LogP contribution in [0.2, 0.25) is 0 Å². The summed E-state index contributed by atoms with van der Waals surface area (Å²) in [7, 11) is 0. The third kappa shape index (κ3) is 4.59. The monoisotopic (exact) mass is 373 g/mol. The van der Waals surface area contributed by atoms with Gasteiger partial charge >= 0.3 is 12.3 Å². The number of hydrogen-bond donors (Lipinski definition) is 1. The highest BCUT2D eigenvalue weighted by molar-refractivity contribution is 5.68. The summed E-state index contributed by atoms with van der Waals surface area (Å²) in [5.41, 5.74) is -0.314. The molecule has 144 valence electrons. The van der Waals surface area contributed by atoms with Gasteiger partial charge in [-0.25, -0.2) is 4.79 Å². The molecule has 3 rings (SSSR count). The maximum atomic E-state index is 13.5. The Morgan fingerprint density at radius 3 is 2.50 bits per heavy atom. The summed E-state index contributed by atoms with van der Waals surface area (Å²) in [6.07, 6.45) is -5.10. The molecular weight excluding hydrogens is 351 g/mol. The van der Waals surface area contributed by atoms with Crippen LogP contribution in [0.1, 0.15) is 11.1 Å². The Kier molecular flexibility index (Phi) is 5.87. The van der Waals surface area contributed by atoms with Gasteiger partial charge in [-0.2, -0.15) is 13.2 Å². The number of amides is 1. The number of morpholine rings is 1. The second kappa shape index (κ2) is 8.13. The van der Waals surface area contributed by atoms with Crippen LogP contribution in [-0.4, -0.2) is 63.5 Å². The Balaban J connectivity index is 1.72. The molecule has 0 aromatic heterocycles. The molecule has 2 fully saturated rings. The minimum absolute atomic E-state index is 0.0435. The van der Waals surface area contributed by atoms with Crippen molar-refractivity contribution in [3.05, 3.63) is 29.3 Å². The molecule has 0 unspecified atom stereocenters. The van der Waals surface area contributed by atoms with Crippen molar-refractivity contribution in [3.63, 3.8) is 0 Å². The maximum Gasteiger partial charge on any atom is 0.416 e. The lowest BCUT2D eigenvalue weighted by molar-refractivity contribution is -0.138. The summed E-state index contributed by atoms with van der Waals surface area (Å²) in [4.78, 5) is 15.4. The molecule has 0 saturated carbocycles. The van der Waals surface area contributed by atoms with Gasteiger partial charge in [-0.05, 0) is 12.1 Å². The van der Waals surface area contributed by atoms with Gasteiger partial charge < -0.3 is 24.6 Å². The number of ether oxygens (including phenoxy) is 2. The fourth-order valence-corrected chi connectivity index (χ4v) is 3.05. The van der Waals surface area contributed by atoms with Gasteiger partial charge in [-0.15, -0.1) is 0 Å². The normalized spacial score (nSPS) is 18.7. The van der Waals surface area contributed by atoms with E-state index in [0.29, 0.717) is 58.2 Å². The van der Waals surface area contributed by atoms with Crippen LogP contribution in [0.5, 0.6) is 0 Å². The number of nitrogens with one attached hydrogen (secondary N) is 1. The minimum atomic E-state index is -4.51. The van der Waals surface area contributed by atoms with E-state index in [1.165, 1.54) is 11.0 Å². The molecule has 0 bridgehead atoms. The van der Waals surface area contributed by atoms with Crippen molar-refractivity contribution >= 4 is 11.8 Å². The van der Waals surface area contributed by atoms with Gasteiger partial charge in [0.25, 0.3) is 0 Å². The number of carbonyl (C=O) groups excluding carboxylic acids is 1. The van der Waals surface area contributed by atoms with E-state index in [0.717, 1.165) is 6.07 Å². The Hall–Kier alpha value is -2.00. The average Bonchev–Trinajstić information content (AvgIpc) is 2.66. The van der Waals surface area contributed by atoms with Crippen molar-refractivity contribution in [1.82, 2.24) is 10.2 Å². The zero-order valence-electron chi connectivity index (χ0n) is 14.3. The molecule has 2 aliphatic heterocycles. The molecule has 0 aliphatic carbocycles. The lowest BCUT2D eigenvalue weighted by atomic mass is 10.1. The van der Waals surface area contributed by atoms with Crippen molar-refractivity contribution in [2.24, 2.45) is 0 Å². The van der Waals surface area contributed by atoms with Gasteiger partial charge in [-0.1, -0.05) is 6.07 Å². The van der Waals surface area contributed by atoms with E-state index in [9.17, 15) is 18.0 Å². The van der Waals surface area contributed by atoms with E-state index in [1.807, 2.05) is 4.90 Å². The van der Waals surface area contributed by atoms with Gasteiger partial charge in [-0.3, -0.25) is 0 Å². The van der Waals surface area contributed by atoms with Crippen LogP contribution in [0.4, 0.5) is 23.7 Å². The molecule has 0 spiro atoms. The van der Waals surface area contributed by atoms with Crippen molar-refractivity contribution in [2.45, 2.75) is 12.8 Å². The maximum absolute atomic E-state index is 13.5. The topological polar surface area (TPSA) is 54.0 Å². The van der Waals surface area contributed by atoms with E-state index in [2.05, 4.69) is 5.32 Å². The van der Waals surface area contributed by atoms with Gasteiger partial charge in [0.05, 0.1) is 18.8 Å². The van der Waals surface area contributed by atoms with Crippen LogP contribution in [-0.2, 0) is 22.3 Å². The Morgan fingerprint density at radius 2 is 1.85 bits per heavy atom. The lowest BCUT2D eigenvalue weighted by Crippen LogP contribution is -2.46. The van der Waals surface area contributed by atoms with E-state index in [-0.39, 0.29) is 5.56 Å². The lowest BCUT2D eigenvalue weighted by Gasteiger charge is -2.30. The molecular formula is C17H22F3N3O3. The van der Waals surface area contributed by atoms with E-state index in [1.54, 1.807) is 6.07 Å². The molecule has 2 heterocycles. The SMILES string of the molecule is O=C(OCc1ccc(N2CCOCC2)cc1C(F)(F)F)N1CCNCC1. The van der Waals surface area contributed by atoms with Crippen molar-refractivity contribution in [1.29, 1.82) is 0 Å². The van der Waals surface area contributed by atoms with Gasteiger partial charge in [0.15, 0.2) is 0 Å². The number of carbonyl (C=O) groups is 1. The molecule has 9 heteroatoms. The molecule has 6 nitrogen and oxygen atoms in total. The first kappa shape index (κ1) is 18.8. The predicted octanol–water partition coefficient (Wildman–Crippen LogP) is 2.08. The highest BCUT2D eigenvalue weighted by Gasteiger charge is 2.34. The van der Waals surface area contributed by atoms with E-state index < -0.39 is 24.4 Å². The third-order valence-electron chi connectivity index (χ3n) is 4.50. The van der Waals surface area contributed by atoms with Crippen LogP contribution in [0, 0.1) is 0 Å². The fraction of sp³-hybridized carbons (Fsp3) is 0.588. The highest BCUT2D eigenvalue weighted by Crippen LogP contribution is 2.35. The fourth-order valence-electron chi connectivity index (χ4n) is 3.05. The standard InChI is InChI=1S/C17H22F3N3O3/c18-17(19,20)15-11-14(22-7-9-25-10-8-22)2-1-13(15)12-26-16(24)23-5-3-21-4-6-23/h1-2,11,21H,3-10,12H2. The first-order valence-corrected chi connectivity index (χ1v) is 8.60. The number of anilines is 1. The van der Waals surface area contributed by atoms with Crippen molar-refractivity contribution in [3.8, 4) is 0 Å². The number of alkyl halides is 3. The molecule has 2 aliphatic rings. The molecule has 1 amide bonds. The largest absolute Gasteiger partial charge is 0.445 e. The average molecular weight is 373 g/mol. The van der Waals surface area contributed by atoms with Gasteiger partial charge in [0.1, 0.15) is 6.61 Å². The highest BCUT2D eigenvalue weighted by atomic mass is 19.4. The summed E-state index contributed by atoms with van der Waals surface area (Å²) < 4.78 is 50.8. The second-order valence-electron chi connectivity index (χ2n) is 6.23. The quantitative estimate of drug-likeness (QED) is 0.879. The molecule has 26 heavy (non-hydrogen) atoms. The Morgan fingerprint density at radius 1 is 1.15 bits per heavy atom. The van der Waals surface area contributed by atoms with Crippen molar-refractivity contribution in [2.75, 3.05) is 57.4 Å². The van der Waals surface area contributed by atoms with Crippen LogP contribution in [0.25, 0.3) is 0 Å². The number of halogens is 3. The number of nitrogens with zero attached hydrogens (tertiary/aromatic N) is 2. The van der Waals surface area contributed by atoms with E-state index >= 15 is 0 Å². The molecule has 1 aromatic rings. The van der Waals surface area contributed by atoms with E-state index in [4.69, 9.17) is 9.47 Å². The van der Waals surface area contributed by atoms with Crippen LogP contribution >= 0.6 is 0 Å². The zero-order chi connectivity index (χ0) is 18.6. The first-order chi connectivity index (χ1) is 12.4. The smallest absolute Gasteiger partial charge is 0.416 e. The number of rotatable bonds is 3. The minimum Gasteiger partial charge on any atom is -0.445 e. The second-order valence-corrected chi connectivity index (χ2v) is 6.23. The number of benzene rings is 1. The number of hydrogen-bond acceptors (Lipinski definition) is 5. The summed E-state index contributed by atoms with van der Waals surface area (Å²) in [5, 5.41) is 3.10. The summed E-state index contributed by atoms with van der Waals surface area (Å²) >= 11 is 0. The molecule has 0 radical (unpaired) electrons. The van der Waals surface area contributed by atoms with Crippen LogP contribution in [0.15, 0.2) is 18.2 Å². The van der Waals surface area contributed by atoms with Gasteiger partial charge in [0, 0.05) is 50.5 Å². The van der Waals surface area contributed by atoms with Crippen molar-refractivity contribution < 1.29 is 27.4 Å². The zero-order valence-corrected chi connectivity index (χ0v) is 14.3. The van der Waals surface area contributed by atoms with Gasteiger partial charge in [0.2, 0.25) is 0 Å². The Bertz CT molecular complexity index is 627. The Labute approximate surface area is 149 Å². The summed E-state index contributed by atoms with van der Waals surface area (Å²) in [5.74, 6) is 0. The predicted molar refractivity (Wildman–Crippen MR) is 89.1 cm³/mol. The van der Waals surface area contributed by atoms with Crippen LogP contribution in [0.3, 0.4) is 0 Å². The number of piperazine rings is 1. The third-order valence-corrected chi connectivity index (χ3v) is 4.50. The molecule has 2 saturated heterocycles.